The Morgan fingerprint density at radius 1 is 1.03 bits per heavy atom. The Morgan fingerprint density at radius 3 is 2.31 bits per heavy atom. The van der Waals surface area contributed by atoms with Crippen molar-refractivity contribution in [2.24, 2.45) is 0 Å². The number of imide groups is 1. The Bertz CT molecular complexity index is 1270. The monoisotopic (exact) mass is 515 g/mol. The SMILES string of the molecule is CS(=O)(=O)N(C(=O)NC(=O)C1=C(N2CCOCC2)/C(=C\c2ccccc2)CC1)c1ccc(Cl)cc1. The topological polar surface area (TPSA) is 96.0 Å². The molecular weight excluding hydrogens is 490 g/mol. The molecule has 2 aromatic carbocycles. The molecule has 0 saturated carbocycles. The number of urea groups is 1. The van der Waals surface area contributed by atoms with E-state index >= 15 is 0 Å². The maximum absolute atomic E-state index is 13.3. The summed E-state index contributed by atoms with van der Waals surface area (Å²) in [6, 6.07) is 14.5. The van der Waals surface area contributed by atoms with Crippen LogP contribution in [0.3, 0.4) is 0 Å². The second-order valence-electron chi connectivity index (χ2n) is 8.27. The Balaban J connectivity index is 1.65. The lowest BCUT2D eigenvalue weighted by molar-refractivity contribution is -0.116. The van der Waals surface area contributed by atoms with Crippen molar-refractivity contribution in [1.29, 1.82) is 0 Å². The van der Waals surface area contributed by atoms with Gasteiger partial charge in [-0.1, -0.05) is 41.9 Å². The number of rotatable bonds is 5. The van der Waals surface area contributed by atoms with Crippen molar-refractivity contribution in [3.05, 3.63) is 82.0 Å². The lowest BCUT2D eigenvalue weighted by Gasteiger charge is -2.31. The van der Waals surface area contributed by atoms with Crippen LogP contribution in [0.4, 0.5) is 10.5 Å². The minimum Gasteiger partial charge on any atom is -0.378 e. The van der Waals surface area contributed by atoms with Crippen LogP contribution in [0.1, 0.15) is 18.4 Å². The van der Waals surface area contributed by atoms with Gasteiger partial charge in [-0.15, -0.1) is 0 Å². The van der Waals surface area contributed by atoms with Crippen molar-refractivity contribution in [2.75, 3.05) is 36.9 Å². The summed E-state index contributed by atoms with van der Waals surface area (Å²) in [7, 11) is -4.01. The minimum absolute atomic E-state index is 0.0840. The van der Waals surface area contributed by atoms with Gasteiger partial charge in [-0.05, 0) is 54.3 Å². The van der Waals surface area contributed by atoms with E-state index in [2.05, 4.69) is 10.2 Å². The Kier molecular flexibility index (Phi) is 7.59. The number of hydrogen-bond donors (Lipinski definition) is 1. The number of sulfonamides is 1. The van der Waals surface area contributed by atoms with Crippen LogP contribution in [0.5, 0.6) is 0 Å². The molecule has 0 radical (unpaired) electrons. The smallest absolute Gasteiger partial charge is 0.342 e. The predicted octanol–water partition coefficient (Wildman–Crippen LogP) is 3.81. The molecule has 4 rings (SSSR count). The van der Waals surface area contributed by atoms with Gasteiger partial charge in [0.15, 0.2) is 0 Å². The fourth-order valence-electron chi connectivity index (χ4n) is 4.24. The van der Waals surface area contributed by atoms with E-state index in [0.717, 1.165) is 23.1 Å². The van der Waals surface area contributed by atoms with Crippen LogP contribution in [0, 0.1) is 0 Å². The number of hydrogen-bond acceptors (Lipinski definition) is 6. The second kappa shape index (κ2) is 10.6. The van der Waals surface area contributed by atoms with Gasteiger partial charge in [0.1, 0.15) is 0 Å². The Morgan fingerprint density at radius 2 is 1.69 bits per heavy atom. The lowest BCUT2D eigenvalue weighted by atomic mass is 10.1. The molecule has 0 bridgehead atoms. The fraction of sp³-hybridized carbons (Fsp3) is 0.280. The number of ether oxygens (including phenoxy) is 1. The van der Waals surface area contributed by atoms with Gasteiger partial charge < -0.3 is 9.64 Å². The number of nitrogens with zero attached hydrogens (tertiary/aromatic N) is 2. The number of carbonyl (C=O) groups excluding carboxylic acids is 2. The molecule has 2 aromatic rings. The quantitative estimate of drug-likeness (QED) is 0.650. The van der Waals surface area contributed by atoms with E-state index in [9.17, 15) is 18.0 Å². The fourth-order valence-corrected chi connectivity index (χ4v) is 5.22. The van der Waals surface area contributed by atoms with E-state index in [0.29, 0.717) is 54.0 Å². The molecule has 1 fully saturated rings. The summed E-state index contributed by atoms with van der Waals surface area (Å²) in [5, 5.41) is 2.68. The second-order valence-corrected chi connectivity index (χ2v) is 10.5. The zero-order valence-electron chi connectivity index (χ0n) is 19.2. The first-order valence-electron chi connectivity index (χ1n) is 11.2. The van der Waals surface area contributed by atoms with Crippen LogP contribution in [0.15, 0.2) is 71.4 Å². The molecule has 1 aliphatic heterocycles. The summed E-state index contributed by atoms with van der Waals surface area (Å²) < 4.78 is 30.9. The van der Waals surface area contributed by atoms with Gasteiger partial charge in [0.25, 0.3) is 5.91 Å². The molecule has 1 aliphatic carbocycles. The summed E-state index contributed by atoms with van der Waals surface area (Å²) >= 11 is 5.89. The van der Waals surface area contributed by atoms with Gasteiger partial charge in [-0.2, -0.15) is 4.31 Å². The van der Waals surface area contributed by atoms with Crippen molar-refractivity contribution in [3.63, 3.8) is 0 Å². The Labute approximate surface area is 209 Å². The van der Waals surface area contributed by atoms with Gasteiger partial charge in [0.2, 0.25) is 10.0 Å². The third-order valence-corrected chi connectivity index (χ3v) is 7.07. The average Bonchev–Trinajstić information content (AvgIpc) is 3.24. The normalized spacial score (nSPS) is 17.5. The van der Waals surface area contributed by atoms with Crippen LogP contribution >= 0.6 is 11.6 Å². The molecular formula is C25H26ClN3O5S. The summed E-state index contributed by atoms with van der Waals surface area (Å²) in [5.74, 6) is -0.615. The number of carbonyl (C=O) groups is 2. The summed E-state index contributed by atoms with van der Waals surface area (Å²) in [6.45, 7) is 2.31. The molecule has 184 valence electrons. The molecule has 0 atom stereocenters. The highest BCUT2D eigenvalue weighted by molar-refractivity contribution is 7.92. The zero-order chi connectivity index (χ0) is 25.0. The molecule has 0 aromatic heterocycles. The maximum Gasteiger partial charge on any atom is 0.342 e. The molecule has 3 amide bonds. The predicted molar refractivity (Wildman–Crippen MR) is 135 cm³/mol. The number of benzene rings is 2. The van der Waals surface area contributed by atoms with E-state index in [1.54, 1.807) is 0 Å². The van der Waals surface area contributed by atoms with E-state index in [1.807, 2.05) is 36.4 Å². The molecule has 0 spiro atoms. The molecule has 10 heteroatoms. The van der Waals surface area contributed by atoms with Crippen LogP contribution < -0.4 is 9.62 Å². The van der Waals surface area contributed by atoms with Crippen molar-refractivity contribution < 1.29 is 22.7 Å². The standard InChI is InChI=1S/C25H26ClN3O5S/c1-35(32,33)29(21-10-8-20(26)9-11-21)25(31)27-24(30)22-12-7-19(17-18-5-3-2-4-6-18)23(22)28-13-15-34-16-14-28/h2-6,8-11,17H,7,12-16H2,1H3,(H,27,30,31)/b19-17-. The van der Waals surface area contributed by atoms with Crippen LogP contribution in [0.2, 0.25) is 5.02 Å². The molecule has 2 aliphatic rings. The van der Waals surface area contributed by atoms with Gasteiger partial charge in [-0.25, -0.2) is 13.2 Å². The molecule has 1 N–H and O–H groups in total. The highest BCUT2D eigenvalue weighted by Gasteiger charge is 2.33. The number of halogens is 1. The van der Waals surface area contributed by atoms with Crippen molar-refractivity contribution >= 4 is 45.3 Å². The average molecular weight is 516 g/mol. The third kappa shape index (κ3) is 5.93. The van der Waals surface area contributed by atoms with Crippen LogP contribution in [0.25, 0.3) is 6.08 Å². The molecule has 8 nitrogen and oxygen atoms in total. The first-order valence-corrected chi connectivity index (χ1v) is 13.4. The number of morpholine rings is 1. The van der Waals surface area contributed by atoms with Gasteiger partial charge in [0.05, 0.1) is 25.2 Å². The molecule has 35 heavy (non-hydrogen) atoms. The summed E-state index contributed by atoms with van der Waals surface area (Å²) in [5.41, 5.74) is 3.32. The van der Waals surface area contributed by atoms with E-state index in [1.165, 1.54) is 24.3 Å². The van der Waals surface area contributed by atoms with E-state index in [-0.39, 0.29) is 5.69 Å². The van der Waals surface area contributed by atoms with Crippen molar-refractivity contribution in [3.8, 4) is 0 Å². The minimum atomic E-state index is -4.01. The van der Waals surface area contributed by atoms with Crippen molar-refractivity contribution in [2.45, 2.75) is 12.8 Å². The first-order chi connectivity index (χ1) is 16.7. The van der Waals surface area contributed by atoms with Gasteiger partial charge >= 0.3 is 6.03 Å². The first kappa shape index (κ1) is 25.0. The van der Waals surface area contributed by atoms with E-state index in [4.69, 9.17) is 16.3 Å². The van der Waals surface area contributed by atoms with Gasteiger partial charge in [-0.3, -0.25) is 10.1 Å². The molecule has 0 unspecified atom stereocenters. The number of amides is 3. The Hall–Kier alpha value is -3.14. The highest BCUT2D eigenvalue weighted by atomic mass is 35.5. The molecule has 1 saturated heterocycles. The van der Waals surface area contributed by atoms with E-state index < -0.39 is 22.0 Å². The summed E-state index contributed by atoms with van der Waals surface area (Å²) in [4.78, 5) is 28.4. The number of nitrogens with one attached hydrogen (secondary N) is 1. The number of anilines is 1. The van der Waals surface area contributed by atoms with Crippen molar-refractivity contribution in [1.82, 2.24) is 10.2 Å². The van der Waals surface area contributed by atoms with Crippen LogP contribution in [-0.4, -0.2) is 57.8 Å². The number of allylic oxidation sites excluding steroid dienone is 1. The maximum atomic E-state index is 13.3. The highest BCUT2D eigenvalue weighted by Crippen LogP contribution is 2.36. The molecule has 1 heterocycles. The van der Waals surface area contributed by atoms with Crippen LogP contribution in [-0.2, 0) is 19.6 Å². The largest absolute Gasteiger partial charge is 0.378 e. The zero-order valence-corrected chi connectivity index (χ0v) is 20.8. The van der Waals surface area contributed by atoms with Gasteiger partial charge in [0, 0.05) is 29.4 Å². The summed E-state index contributed by atoms with van der Waals surface area (Å²) in [6.07, 6.45) is 4.01. The lowest BCUT2D eigenvalue weighted by Crippen LogP contribution is -2.46. The third-order valence-electron chi connectivity index (χ3n) is 5.77.